The second kappa shape index (κ2) is 4.18. The topological polar surface area (TPSA) is 57.5 Å². The fraction of sp³-hybridized carbons (Fsp3) is 0.235. The van der Waals surface area contributed by atoms with E-state index in [1.807, 2.05) is 18.2 Å². The first kappa shape index (κ1) is 12.9. The van der Waals surface area contributed by atoms with Crippen molar-refractivity contribution >= 4 is 5.78 Å². The Balaban J connectivity index is 2.36. The summed E-state index contributed by atoms with van der Waals surface area (Å²) < 4.78 is 0. The zero-order valence-corrected chi connectivity index (χ0v) is 11.4. The van der Waals surface area contributed by atoms with Crippen LogP contribution in [-0.4, -0.2) is 16.0 Å². The van der Waals surface area contributed by atoms with E-state index in [4.69, 9.17) is 0 Å². The van der Waals surface area contributed by atoms with Gasteiger partial charge in [-0.15, -0.1) is 0 Å². The van der Waals surface area contributed by atoms with Crippen molar-refractivity contribution in [2.45, 2.75) is 19.4 Å². The maximum absolute atomic E-state index is 12.6. The predicted octanol–water partition coefficient (Wildman–Crippen LogP) is 2.83. The number of aliphatic hydroxyl groups is 1. The smallest absolute Gasteiger partial charge is 0.176 e. The standard InChI is InChI=1S/C17H16O3/c1-10(2)16(19)17(20)14-6-4-3-5-12(14)13-8-7-11(18)9-15(13)17/h3-10,18,20H,1-2H3. The molecule has 0 heterocycles. The molecule has 0 amide bonds. The summed E-state index contributed by atoms with van der Waals surface area (Å²) in [4.78, 5) is 12.6. The van der Waals surface area contributed by atoms with Crippen LogP contribution in [0, 0.1) is 5.92 Å². The van der Waals surface area contributed by atoms with Gasteiger partial charge in [-0.2, -0.15) is 0 Å². The summed E-state index contributed by atoms with van der Waals surface area (Å²) in [7, 11) is 0. The molecule has 0 saturated carbocycles. The molecule has 3 nitrogen and oxygen atoms in total. The van der Waals surface area contributed by atoms with Crippen LogP contribution >= 0.6 is 0 Å². The number of carbonyl (C=O) groups is 1. The summed E-state index contributed by atoms with van der Waals surface area (Å²) in [6, 6.07) is 12.1. The second-order valence-electron chi connectivity index (χ2n) is 5.50. The Morgan fingerprint density at radius 1 is 1.05 bits per heavy atom. The molecule has 0 aromatic heterocycles. The van der Waals surface area contributed by atoms with Crippen LogP contribution in [0.25, 0.3) is 11.1 Å². The number of benzene rings is 2. The molecule has 1 aliphatic carbocycles. The van der Waals surface area contributed by atoms with E-state index in [2.05, 4.69) is 0 Å². The van der Waals surface area contributed by atoms with E-state index in [0.29, 0.717) is 11.1 Å². The quantitative estimate of drug-likeness (QED) is 0.880. The SMILES string of the molecule is CC(C)C(=O)C1(O)c2ccccc2-c2ccc(O)cc21. The van der Waals surface area contributed by atoms with E-state index in [1.165, 1.54) is 6.07 Å². The molecular formula is C17H16O3. The largest absolute Gasteiger partial charge is 0.508 e. The zero-order chi connectivity index (χ0) is 14.5. The van der Waals surface area contributed by atoms with Crippen LogP contribution in [0.15, 0.2) is 42.5 Å². The first-order chi connectivity index (χ1) is 9.46. The van der Waals surface area contributed by atoms with Crippen LogP contribution < -0.4 is 0 Å². The predicted molar refractivity (Wildman–Crippen MR) is 76.4 cm³/mol. The van der Waals surface area contributed by atoms with Crippen LogP contribution in [0.3, 0.4) is 0 Å². The van der Waals surface area contributed by atoms with Gasteiger partial charge >= 0.3 is 0 Å². The van der Waals surface area contributed by atoms with Gasteiger partial charge in [-0.05, 0) is 23.3 Å². The van der Waals surface area contributed by atoms with E-state index in [-0.39, 0.29) is 17.5 Å². The Labute approximate surface area is 117 Å². The molecular weight excluding hydrogens is 252 g/mol. The Hall–Kier alpha value is -2.13. The minimum absolute atomic E-state index is 0.0477. The molecule has 20 heavy (non-hydrogen) atoms. The molecule has 2 aromatic rings. The molecule has 0 saturated heterocycles. The number of ketones is 1. The Morgan fingerprint density at radius 2 is 1.70 bits per heavy atom. The number of phenolic OH excluding ortho intramolecular Hbond substituents is 1. The van der Waals surface area contributed by atoms with Gasteiger partial charge in [0.15, 0.2) is 11.4 Å². The Morgan fingerprint density at radius 3 is 2.40 bits per heavy atom. The van der Waals surface area contributed by atoms with Gasteiger partial charge in [-0.25, -0.2) is 0 Å². The van der Waals surface area contributed by atoms with Crippen molar-refractivity contribution in [3.05, 3.63) is 53.6 Å². The fourth-order valence-corrected chi connectivity index (χ4v) is 2.93. The van der Waals surface area contributed by atoms with Crippen LogP contribution in [-0.2, 0) is 10.4 Å². The van der Waals surface area contributed by atoms with E-state index in [1.54, 1.807) is 32.0 Å². The average molecular weight is 268 g/mol. The number of hydrogen-bond acceptors (Lipinski definition) is 3. The number of rotatable bonds is 2. The van der Waals surface area contributed by atoms with Gasteiger partial charge in [-0.3, -0.25) is 4.79 Å². The van der Waals surface area contributed by atoms with Crippen molar-refractivity contribution < 1.29 is 15.0 Å². The third kappa shape index (κ3) is 1.53. The van der Waals surface area contributed by atoms with E-state index < -0.39 is 5.60 Å². The van der Waals surface area contributed by atoms with Crippen molar-refractivity contribution in [3.8, 4) is 16.9 Å². The summed E-state index contributed by atoms with van der Waals surface area (Å²) in [5.74, 6) is -0.512. The summed E-state index contributed by atoms with van der Waals surface area (Å²) in [5, 5.41) is 20.8. The summed E-state index contributed by atoms with van der Waals surface area (Å²) in [5.41, 5.74) is 1.05. The fourth-order valence-electron chi connectivity index (χ4n) is 2.93. The molecule has 102 valence electrons. The summed E-state index contributed by atoms with van der Waals surface area (Å²) in [6.45, 7) is 3.54. The van der Waals surface area contributed by atoms with Gasteiger partial charge in [0.1, 0.15) is 5.75 Å². The highest BCUT2D eigenvalue weighted by Crippen LogP contribution is 2.49. The molecule has 1 aliphatic rings. The van der Waals surface area contributed by atoms with Gasteiger partial charge in [0.25, 0.3) is 0 Å². The highest BCUT2D eigenvalue weighted by Gasteiger charge is 2.48. The van der Waals surface area contributed by atoms with Gasteiger partial charge in [-0.1, -0.05) is 44.2 Å². The summed E-state index contributed by atoms with van der Waals surface area (Å²) >= 11 is 0. The van der Waals surface area contributed by atoms with Crippen LogP contribution in [0.2, 0.25) is 0 Å². The Kier molecular flexibility index (Phi) is 2.69. The minimum atomic E-state index is -1.67. The first-order valence-electron chi connectivity index (χ1n) is 6.66. The maximum Gasteiger partial charge on any atom is 0.176 e. The van der Waals surface area contributed by atoms with Crippen molar-refractivity contribution in [1.82, 2.24) is 0 Å². The van der Waals surface area contributed by atoms with Crippen molar-refractivity contribution in [2.24, 2.45) is 5.92 Å². The Bertz CT molecular complexity index is 703. The lowest BCUT2D eigenvalue weighted by molar-refractivity contribution is -0.137. The first-order valence-corrected chi connectivity index (χ1v) is 6.66. The lowest BCUT2D eigenvalue weighted by atomic mass is 9.82. The maximum atomic E-state index is 12.6. The average Bonchev–Trinajstić information content (AvgIpc) is 2.69. The molecule has 0 spiro atoms. The van der Waals surface area contributed by atoms with Gasteiger partial charge in [0.05, 0.1) is 0 Å². The van der Waals surface area contributed by atoms with Crippen LogP contribution in [0.5, 0.6) is 5.75 Å². The number of hydrogen-bond donors (Lipinski definition) is 2. The van der Waals surface area contributed by atoms with Crippen LogP contribution in [0.4, 0.5) is 0 Å². The number of phenols is 1. The molecule has 2 aromatic carbocycles. The lowest BCUT2D eigenvalue weighted by Gasteiger charge is -2.26. The highest BCUT2D eigenvalue weighted by molar-refractivity contribution is 6.00. The molecule has 2 N–H and O–H groups in total. The number of Topliss-reactive ketones (excluding diaryl/α,β-unsaturated/α-hetero) is 1. The van der Waals surface area contributed by atoms with Crippen molar-refractivity contribution in [2.75, 3.05) is 0 Å². The zero-order valence-electron chi connectivity index (χ0n) is 11.4. The molecule has 0 bridgehead atoms. The van der Waals surface area contributed by atoms with Crippen molar-refractivity contribution in [3.63, 3.8) is 0 Å². The second-order valence-corrected chi connectivity index (χ2v) is 5.50. The number of fused-ring (bicyclic) bond motifs is 3. The number of aromatic hydroxyl groups is 1. The molecule has 0 radical (unpaired) electrons. The normalized spacial score (nSPS) is 19.8. The molecule has 0 aliphatic heterocycles. The highest BCUT2D eigenvalue weighted by atomic mass is 16.3. The molecule has 1 atom stereocenters. The molecule has 3 heteroatoms. The van der Waals surface area contributed by atoms with E-state index in [0.717, 1.165) is 11.1 Å². The minimum Gasteiger partial charge on any atom is -0.508 e. The number of carbonyl (C=O) groups excluding carboxylic acids is 1. The third-order valence-electron chi connectivity index (χ3n) is 3.88. The third-order valence-corrected chi connectivity index (χ3v) is 3.88. The van der Waals surface area contributed by atoms with Gasteiger partial charge < -0.3 is 10.2 Å². The molecule has 1 unspecified atom stereocenters. The molecule has 3 rings (SSSR count). The van der Waals surface area contributed by atoms with Crippen molar-refractivity contribution in [1.29, 1.82) is 0 Å². The van der Waals surface area contributed by atoms with E-state index in [9.17, 15) is 15.0 Å². The van der Waals surface area contributed by atoms with Gasteiger partial charge in [0.2, 0.25) is 0 Å². The van der Waals surface area contributed by atoms with Gasteiger partial charge in [0, 0.05) is 17.0 Å². The van der Waals surface area contributed by atoms with Crippen LogP contribution in [0.1, 0.15) is 25.0 Å². The summed E-state index contributed by atoms with van der Waals surface area (Å²) in [6.07, 6.45) is 0. The molecule has 0 fully saturated rings. The monoisotopic (exact) mass is 268 g/mol. The van der Waals surface area contributed by atoms with E-state index >= 15 is 0 Å². The lowest BCUT2D eigenvalue weighted by Crippen LogP contribution is -2.38.